The lowest BCUT2D eigenvalue weighted by Crippen LogP contribution is -2.35. The van der Waals surface area contributed by atoms with Gasteiger partial charge in [0.2, 0.25) is 0 Å². The van der Waals surface area contributed by atoms with Crippen LogP contribution in [-0.2, 0) is 16.0 Å². The predicted molar refractivity (Wildman–Crippen MR) is 93.7 cm³/mol. The molecule has 0 aliphatic rings. The number of esters is 1. The Kier molecular flexibility index (Phi) is 7.26. The molecule has 0 spiro atoms. The SMILES string of the molecule is CCOC(=O)CCN(CCc1ccccc1)C(=O)c1ccc(F)c(F)c1. The van der Waals surface area contributed by atoms with E-state index < -0.39 is 23.5 Å². The lowest BCUT2D eigenvalue weighted by Gasteiger charge is -2.22. The molecule has 26 heavy (non-hydrogen) atoms. The van der Waals surface area contributed by atoms with Crippen LogP contribution < -0.4 is 0 Å². The molecular weight excluding hydrogens is 340 g/mol. The topological polar surface area (TPSA) is 46.6 Å². The van der Waals surface area contributed by atoms with E-state index in [4.69, 9.17) is 4.74 Å². The van der Waals surface area contributed by atoms with Crippen molar-refractivity contribution in [1.29, 1.82) is 0 Å². The Morgan fingerprint density at radius 3 is 2.38 bits per heavy atom. The second-order valence-corrected chi connectivity index (χ2v) is 5.71. The second-order valence-electron chi connectivity index (χ2n) is 5.71. The molecule has 0 aliphatic heterocycles. The molecule has 0 bridgehead atoms. The summed E-state index contributed by atoms with van der Waals surface area (Å²) in [5.41, 5.74) is 1.08. The van der Waals surface area contributed by atoms with Crippen molar-refractivity contribution in [3.05, 3.63) is 71.3 Å². The zero-order chi connectivity index (χ0) is 18.9. The predicted octanol–water partition coefficient (Wildman–Crippen LogP) is 3.60. The van der Waals surface area contributed by atoms with E-state index in [-0.39, 0.29) is 25.1 Å². The number of amides is 1. The number of halogens is 2. The Morgan fingerprint density at radius 1 is 1.00 bits per heavy atom. The van der Waals surface area contributed by atoms with Gasteiger partial charge < -0.3 is 9.64 Å². The molecule has 0 fully saturated rings. The fourth-order valence-corrected chi connectivity index (χ4v) is 2.49. The fourth-order valence-electron chi connectivity index (χ4n) is 2.49. The summed E-state index contributed by atoms with van der Waals surface area (Å²) in [6, 6.07) is 12.6. The van der Waals surface area contributed by atoms with E-state index in [9.17, 15) is 18.4 Å². The van der Waals surface area contributed by atoms with E-state index in [1.54, 1.807) is 6.92 Å². The Morgan fingerprint density at radius 2 is 1.73 bits per heavy atom. The molecule has 1 amide bonds. The van der Waals surface area contributed by atoms with E-state index in [1.807, 2.05) is 30.3 Å². The van der Waals surface area contributed by atoms with Crippen molar-refractivity contribution in [2.45, 2.75) is 19.8 Å². The average Bonchev–Trinajstić information content (AvgIpc) is 2.64. The summed E-state index contributed by atoms with van der Waals surface area (Å²) in [5, 5.41) is 0. The minimum Gasteiger partial charge on any atom is -0.466 e. The van der Waals surface area contributed by atoms with Gasteiger partial charge in [0.05, 0.1) is 13.0 Å². The van der Waals surface area contributed by atoms with Gasteiger partial charge in [0.25, 0.3) is 5.91 Å². The van der Waals surface area contributed by atoms with Gasteiger partial charge in [0.1, 0.15) is 0 Å². The second kappa shape index (κ2) is 9.65. The third-order valence-electron chi connectivity index (χ3n) is 3.86. The smallest absolute Gasteiger partial charge is 0.307 e. The van der Waals surface area contributed by atoms with Crippen molar-refractivity contribution in [2.75, 3.05) is 19.7 Å². The summed E-state index contributed by atoms with van der Waals surface area (Å²) < 4.78 is 31.4. The normalized spacial score (nSPS) is 10.4. The maximum Gasteiger partial charge on any atom is 0.307 e. The molecule has 0 aromatic heterocycles. The monoisotopic (exact) mass is 361 g/mol. The van der Waals surface area contributed by atoms with Crippen molar-refractivity contribution in [2.24, 2.45) is 0 Å². The number of benzene rings is 2. The van der Waals surface area contributed by atoms with E-state index in [0.29, 0.717) is 13.0 Å². The quantitative estimate of drug-likeness (QED) is 0.675. The van der Waals surface area contributed by atoms with Crippen molar-refractivity contribution in [3.63, 3.8) is 0 Å². The molecule has 0 atom stereocenters. The number of rotatable bonds is 8. The molecular formula is C20H21F2NO3. The summed E-state index contributed by atoms with van der Waals surface area (Å²) in [7, 11) is 0. The summed E-state index contributed by atoms with van der Waals surface area (Å²) in [5.74, 6) is -2.95. The highest BCUT2D eigenvalue weighted by Crippen LogP contribution is 2.13. The number of hydrogen-bond donors (Lipinski definition) is 0. The van der Waals surface area contributed by atoms with Gasteiger partial charge in [-0.1, -0.05) is 30.3 Å². The first-order valence-electron chi connectivity index (χ1n) is 8.45. The summed E-state index contributed by atoms with van der Waals surface area (Å²) in [4.78, 5) is 25.7. The van der Waals surface area contributed by atoms with Crippen molar-refractivity contribution in [3.8, 4) is 0 Å². The highest BCUT2D eigenvalue weighted by molar-refractivity contribution is 5.94. The van der Waals surface area contributed by atoms with Gasteiger partial charge in [-0.15, -0.1) is 0 Å². The average molecular weight is 361 g/mol. The van der Waals surface area contributed by atoms with Crippen LogP contribution >= 0.6 is 0 Å². The molecule has 0 saturated carbocycles. The van der Waals surface area contributed by atoms with Gasteiger partial charge >= 0.3 is 5.97 Å². The molecule has 0 aliphatic carbocycles. The van der Waals surface area contributed by atoms with E-state index in [0.717, 1.165) is 17.7 Å². The first kappa shape index (κ1) is 19.6. The van der Waals surface area contributed by atoms with Crippen molar-refractivity contribution in [1.82, 2.24) is 4.90 Å². The molecule has 0 unspecified atom stereocenters. The van der Waals surface area contributed by atoms with Crippen molar-refractivity contribution >= 4 is 11.9 Å². The summed E-state index contributed by atoms with van der Waals surface area (Å²) in [6.45, 7) is 2.46. The lowest BCUT2D eigenvalue weighted by atomic mass is 10.1. The minimum absolute atomic E-state index is 0.0397. The molecule has 4 nitrogen and oxygen atoms in total. The highest BCUT2D eigenvalue weighted by atomic mass is 19.2. The Balaban J connectivity index is 2.10. The molecule has 2 aromatic rings. The first-order chi connectivity index (χ1) is 12.5. The number of hydrogen-bond acceptors (Lipinski definition) is 3. The van der Waals surface area contributed by atoms with Crippen LogP contribution in [-0.4, -0.2) is 36.5 Å². The van der Waals surface area contributed by atoms with Gasteiger partial charge in [-0.05, 0) is 37.1 Å². The molecule has 2 aromatic carbocycles. The Labute approximate surface area is 151 Å². The van der Waals surface area contributed by atoms with E-state index in [2.05, 4.69) is 0 Å². The van der Waals surface area contributed by atoms with Gasteiger partial charge in [-0.25, -0.2) is 8.78 Å². The van der Waals surface area contributed by atoms with Gasteiger partial charge in [-0.3, -0.25) is 9.59 Å². The van der Waals surface area contributed by atoms with Crippen LogP contribution in [0.5, 0.6) is 0 Å². The van der Waals surface area contributed by atoms with Crippen molar-refractivity contribution < 1.29 is 23.1 Å². The van der Waals surface area contributed by atoms with Crippen LogP contribution in [0.4, 0.5) is 8.78 Å². The van der Waals surface area contributed by atoms with Crippen LogP contribution in [0, 0.1) is 11.6 Å². The first-order valence-corrected chi connectivity index (χ1v) is 8.45. The van der Waals surface area contributed by atoms with Crippen LogP contribution in [0.1, 0.15) is 29.3 Å². The summed E-state index contributed by atoms with van der Waals surface area (Å²) in [6.07, 6.45) is 0.622. The number of nitrogens with zero attached hydrogens (tertiary/aromatic N) is 1. The van der Waals surface area contributed by atoms with Crippen LogP contribution in [0.2, 0.25) is 0 Å². The Hall–Kier alpha value is -2.76. The number of ether oxygens (including phenoxy) is 1. The van der Waals surface area contributed by atoms with E-state index >= 15 is 0 Å². The number of carbonyl (C=O) groups excluding carboxylic acids is 2. The van der Waals surface area contributed by atoms with E-state index in [1.165, 1.54) is 11.0 Å². The molecule has 2 rings (SSSR count). The summed E-state index contributed by atoms with van der Waals surface area (Å²) >= 11 is 0. The number of carbonyl (C=O) groups is 2. The lowest BCUT2D eigenvalue weighted by molar-refractivity contribution is -0.143. The fraction of sp³-hybridized carbons (Fsp3) is 0.300. The maximum atomic E-state index is 13.4. The molecule has 0 radical (unpaired) electrons. The standard InChI is InChI=1S/C20H21F2NO3/c1-2-26-19(24)11-13-23(12-10-15-6-4-3-5-7-15)20(25)16-8-9-17(21)18(22)14-16/h3-9,14H,2,10-13H2,1H3. The molecule has 0 N–H and O–H groups in total. The highest BCUT2D eigenvalue weighted by Gasteiger charge is 2.19. The van der Waals surface area contributed by atoms with Crippen LogP contribution in [0.15, 0.2) is 48.5 Å². The molecule has 0 saturated heterocycles. The van der Waals surface area contributed by atoms with Gasteiger partial charge in [-0.2, -0.15) is 0 Å². The zero-order valence-electron chi connectivity index (χ0n) is 14.6. The minimum atomic E-state index is -1.08. The Bertz CT molecular complexity index is 750. The van der Waals surface area contributed by atoms with Crippen LogP contribution in [0.3, 0.4) is 0 Å². The van der Waals surface area contributed by atoms with Crippen LogP contribution in [0.25, 0.3) is 0 Å². The molecule has 6 heteroatoms. The third kappa shape index (κ3) is 5.65. The van der Waals surface area contributed by atoms with Gasteiger partial charge in [0, 0.05) is 18.7 Å². The third-order valence-corrected chi connectivity index (χ3v) is 3.86. The molecule has 0 heterocycles. The van der Waals surface area contributed by atoms with Gasteiger partial charge in [0.15, 0.2) is 11.6 Å². The maximum absolute atomic E-state index is 13.4. The largest absolute Gasteiger partial charge is 0.466 e. The molecule has 138 valence electrons. The zero-order valence-corrected chi connectivity index (χ0v) is 14.6.